The fourth-order valence-electron chi connectivity index (χ4n) is 4.88. The molecule has 1 aliphatic carbocycles. The van der Waals surface area contributed by atoms with Crippen LogP contribution in [-0.4, -0.2) is 40.4 Å². The van der Waals surface area contributed by atoms with E-state index in [1.165, 1.54) is 5.56 Å². The van der Waals surface area contributed by atoms with Gasteiger partial charge in [0.05, 0.1) is 6.10 Å². The Morgan fingerprint density at radius 2 is 2.07 bits per heavy atom. The third-order valence-electron chi connectivity index (χ3n) is 6.32. The number of hydrogen-bond acceptors (Lipinski definition) is 3. The number of benzene rings is 1. The lowest BCUT2D eigenvalue weighted by Crippen LogP contribution is -2.47. The molecule has 3 atom stereocenters. The van der Waals surface area contributed by atoms with Crippen molar-refractivity contribution in [3.05, 3.63) is 57.4 Å². The van der Waals surface area contributed by atoms with Crippen LogP contribution in [0.5, 0.6) is 0 Å². The van der Waals surface area contributed by atoms with E-state index in [2.05, 4.69) is 23.7 Å². The number of halogens is 1. The molecule has 5 heteroatoms. The molecule has 2 aliphatic rings. The molecule has 0 saturated carbocycles. The second-order valence-electron chi connectivity index (χ2n) is 7.99. The predicted molar refractivity (Wildman–Crippen MR) is 107 cm³/mol. The third kappa shape index (κ3) is 3.46. The maximum atomic E-state index is 13.3. The summed E-state index contributed by atoms with van der Waals surface area (Å²) in [4.78, 5) is 19.0. The van der Waals surface area contributed by atoms with Gasteiger partial charge < -0.3 is 10.1 Å². The van der Waals surface area contributed by atoms with Gasteiger partial charge >= 0.3 is 0 Å². The van der Waals surface area contributed by atoms with Gasteiger partial charge in [0.25, 0.3) is 0 Å². The van der Waals surface area contributed by atoms with Gasteiger partial charge in [-0.25, -0.2) is 0 Å². The highest BCUT2D eigenvalue weighted by Gasteiger charge is 2.41. The third-order valence-corrected chi connectivity index (χ3v) is 6.58. The first kappa shape index (κ1) is 18.7. The number of fused-ring (bicyclic) bond motifs is 2. The summed E-state index contributed by atoms with van der Waals surface area (Å²) in [6.07, 6.45) is 2.30. The van der Waals surface area contributed by atoms with Gasteiger partial charge in [-0.2, -0.15) is 0 Å². The van der Waals surface area contributed by atoms with Gasteiger partial charge in [0.2, 0.25) is 0 Å². The van der Waals surface area contributed by atoms with Gasteiger partial charge in [-0.05, 0) is 61.9 Å². The Morgan fingerprint density at radius 3 is 2.78 bits per heavy atom. The number of nitrogens with zero attached hydrogens (tertiary/aromatic N) is 1. The second kappa shape index (κ2) is 7.42. The lowest BCUT2D eigenvalue weighted by molar-refractivity contribution is 0.0480. The average molecular weight is 387 g/mol. The number of aliphatic hydroxyl groups excluding tert-OH is 1. The van der Waals surface area contributed by atoms with Crippen LogP contribution in [0.4, 0.5) is 0 Å². The first-order valence-electron chi connectivity index (χ1n) is 9.88. The number of aromatic amines is 1. The first-order valence-corrected chi connectivity index (χ1v) is 10.3. The molecular formula is C22H27ClN2O2. The lowest BCUT2D eigenvalue weighted by atomic mass is 9.72. The molecule has 27 heavy (non-hydrogen) atoms. The van der Waals surface area contributed by atoms with E-state index in [0.717, 1.165) is 54.9 Å². The van der Waals surface area contributed by atoms with Crippen molar-refractivity contribution in [2.45, 2.75) is 39.2 Å². The molecule has 3 unspecified atom stereocenters. The van der Waals surface area contributed by atoms with E-state index in [1.54, 1.807) is 12.1 Å². The van der Waals surface area contributed by atoms with Crippen molar-refractivity contribution in [3.63, 3.8) is 0 Å². The van der Waals surface area contributed by atoms with Gasteiger partial charge in [-0.3, -0.25) is 9.69 Å². The predicted octanol–water partition coefficient (Wildman–Crippen LogP) is 3.95. The van der Waals surface area contributed by atoms with Gasteiger partial charge in [-0.15, -0.1) is 0 Å². The van der Waals surface area contributed by atoms with Crippen molar-refractivity contribution < 1.29 is 9.90 Å². The van der Waals surface area contributed by atoms with Gasteiger partial charge in [0.15, 0.2) is 5.78 Å². The monoisotopic (exact) mass is 386 g/mol. The summed E-state index contributed by atoms with van der Waals surface area (Å²) >= 11 is 5.94. The van der Waals surface area contributed by atoms with E-state index in [9.17, 15) is 9.90 Å². The number of aliphatic hydroxyl groups is 1. The number of carbonyl (C=O) groups excluding carboxylic acids is 1. The quantitative estimate of drug-likeness (QED) is 0.836. The van der Waals surface area contributed by atoms with E-state index < -0.39 is 6.10 Å². The molecule has 0 bridgehead atoms. The van der Waals surface area contributed by atoms with Crippen LogP contribution in [0.25, 0.3) is 0 Å². The number of rotatable bonds is 4. The molecule has 2 aromatic rings. The molecule has 0 spiro atoms. The summed E-state index contributed by atoms with van der Waals surface area (Å²) in [5, 5.41) is 11.3. The molecule has 4 nitrogen and oxygen atoms in total. The average Bonchev–Trinajstić information content (AvgIpc) is 2.98. The number of likely N-dealkylation sites (tertiary alicyclic amines) is 1. The summed E-state index contributed by atoms with van der Waals surface area (Å²) in [5.74, 6) is 0.758. The van der Waals surface area contributed by atoms with E-state index in [0.29, 0.717) is 23.3 Å². The number of hydrogen-bond donors (Lipinski definition) is 2. The number of nitrogens with one attached hydrogen (secondary N) is 1. The SMILES string of the molecule is CCc1c(C)[nH]c2c1C(=O)C1CN(CC(O)c3ccc(Cl)cc3)CCC1C2. The van der Waals surface area contributed by atoms with Crippen LogP contribution in [0.15, 0.2) is 24.3 Å². The maximum absolute atomic E-state index is 13.3. The molecule has 4 rings (SSSR count). The summed E-state index contributed by atoms with van der Waals surface area (Å²) in [5.41, 5.74) is 5.30. The normalized spacial score (nSPS) is 23.8. The van der Waals surface area contributed by atoms with Crippen LogP contribution in [0.3, 0.4) is 0 Å². The summed E-state index contributed by atoms with van der Waals surface area (Å²) in [6, 6.07) is 7.35. The van der Waals surface area contributed by atoms with E-state index in [1.807, 2.05) is 12.1 Å². The van der Waals surface area contributed by atoms with Crippen LogP contribution < -0.4 is 0 Å². The molecule has 1 fully saturated rings. The maximum Gasteiger partial charge on any atom is 0.169 e. The number of aromatic nitrogens is 1. The molecule has 0 amide bonds. The van der Waals surface area contributed by atoms with Crippen molar-refractivity contribution >= 4 is 17.4 Å². The molecule has 1 aromatic heterocycles. The van der Waals surface area contributed by atoms with Crippen molar-refractivity contribution in [1.29, 1.82) is 0 Å². The molecule has 1 saturated heterocycles. The van der Waals surface area contributed by atoms with Gasteiger partial charge in [0.1, 0.15) is 0 Å². The number of aryl methyl sites for hydroxylation is 1. The minimum absolute atomic E-state index is 0.0455. The zero-order valence-corrected chi connectivity index (χ0v) is 16.7. The number of β-amino-alcohol motifs (C(OH)–C–C–N with tert-alkyl or cyclic N) is 1. The number of carbonyl (C=O) groups is 1. The van der Waals surface area contributed by atoms with Crippen LogP contribution in [0.2, 0.25) is 5.02 Å². The summed E-state index contributed by atoms with van der Waals surface area (Å²) < 4.78 is 0. The Labute approximate surface area is 165 Å². The lowest BCUT2D eigenvalue weighted by Gasteiger charge is -2.41. The van der Waals surface area contributed by atoms with Crippen molar-refractivity contribution in [2.24, 2.45) is 11.8 Å². The number of ketones is 1. The van der Waals surface area contributed by atoms with E-state index in [4.69, 9.17) is 11.6 Å². The molecule has 2 heterocycles. The minimum Gasteiger partial charge on any atom is -0.387 e. The summed E-state index contributed by atoms with van der Waals surface area (Å²) in [6.45, 7) is 6.40. The van der Waals surface area contributed by atoms with Gasteiger partial charge in [-0.1, -0.05) is 30.7 Å². The number of H-pyrrole nitrogens is 1. The highest BCUT2D eigenvalue weighted by molar-refractivity contribution is 6.30. The molecule has 1 aliphatic heterocycles. The van der Waals surface area contributed by atoms with Crippen molar-refractivity contribution in [2.75, 3.05) is 19.6 Å². The molecule has 144 valence electrons. The van der Waals surface area contributed by atoms with Crippen LogP contribution in [0.1, 0.15) is 52.3 Å². The van der Waals surface area contributed by atoms with Crippen molar-refractivity contribution in [3.8, 4) is 0 Å². The highest BCUT2D eigenvalue weighted by Crippen LogP contribution is 2.38. The molecular weight excluding hydrogens is 360 g/mol. The van der Waals surface area contributed by atoms with Crippen LogP contribution in [-0.2, 0) is 12.8 Å². The number of Topliss-reactive ketones (excluding diaryl/α,β-unsaturated/α-hetero) is 1. The summed E-state index contributed by atoms with van der Waals surface area (Å²) in [7, 11) is 0. The Bertz CT molecular complexity index is 843. The zero-order valence-electron chi connectivity index (χ0n) is 16.0. The van der Waals surface area contributed by atoms with Crippen molar-refractivity contribution in [1.82, 2.24) is 9.88 Å². The van der Waals surface area contributed by atoms with E-state index >= 15 is 0 Å². The zero-order chi connectivity index (χ0) is 19.1. The van der Waals surface area contributed by atoms with Gasteiger partial charge in [0, 0.05) is 41.0 Å². The molecule has 1 aromatic carbocycles. The van der Waals surface area contributed by atoms with E-state index in [-0.39, 0.29) is 5.92 Å². The molecule has 2 N–H and O–H groups in total. The smallest absolute Gasteiger partial charge is 0.169 e. The second-order valence-corrected chi connectivity index (χ2v) is 8.42. The highest BCUT2D eigenvalue weighted by atomic mass is 35.5. The Balaban J connectivity index is 1.49. The standard InChI is InChI=1S/C22H27ClN2O2/c1-3-17-13(2)24-19-10-15-8-9-25(11-18(15)22(27)21(17)19)12-20(26)14-4-6-16(23)7-5-14/h4-7,15,18,20,24,26H,3,8-12H2,1-2H3. The van der Waals surface area contributed by atoms with Crippen LogP contribution in [0, 0.1) is 18.8 Å². The number of piperidine rings is 1. The Hall–Kier alpha value is -1.62. The van der Waals surface area contributed by atoms with Crippen LogP contribution >= 0.6 is 11.6 Å². The fraction of sp³-hybridized carbons (Fsp3) is 0.500. The Morgan fingerprint density at radius 1 is 1.33 bits per heavy atom. The first-order chi connectivity index (χ1) is 13.0. The topological polar surface area (TPSA) is 56.3 Å². The molecule has 0 radical (unpaired) electrons. The Kier molecular flexibility index (Phi) is 5.15. The minimum atomic E-state index is -0.561. The largest absolute Gasteiger partial charge is 0.387 e. The fourth-order valence-corrected chi connectivity index (χ4v) is 5.01.